The number of nitrogens with two attached hydrogens (primary N) is 1. The highest BCUT2D eigenvalue weighted by atomic mass is 16.5. The third-order valence-electron chi connectivity index (χ3n) is 3.79. The molecule has 0 aliphatic heterocycles. The molecule has 20 heavy (non-hydrogen) atoms. The number of carbonyl (C=O) groups excluding carboxylic acids is 1. The van der Waals surface area contributed by atoms with Crippen LogP contribution in [0.2, 0.25) is 0 Å². The zero-order valence-electron chi connectivity index (χ0n) is 12.1. The Balaban J connectivity index is 2.45. The summed E-state index contributed by atoms with van der Waals surface area (Å²) < 4.78 is 5.83. The summed E-state index contributed by atoms with van der Waals surface area (Å²) in [6, 6.07) is 5.42. The van der Waals surface area contributed by atoms with E-state index in [4.69, 9.17) is 10.5 Å². The molecule has 2 rings (SSSR count). The molecule has 4 nitrogen and oxygen atoms in total. The Bertz CT molecular complexity index is 485. The largest absolute Gasteiger partial charge is 0.490 e. The first-order valence-corrected chi connectivity index (χ1v) is 7.28. The lowest BCUT2D eigenvalue weighted by atomic mass is 9.80. The van der Waals surface area contributed by atoms with E-state index in [-0.39, 0.29) is 18.1 Å². The smallest absolute Gasteiger partial charge is 0.252 e. The van der Waals surface area contributed by atoms with E-state index in [1.807, 2.05) is 26.0 Å². The second-order valence-corrected chi connectivity index (χ2v) is 5.71. The monoisotopic (exact) mass is 277 g/mol. The van der Waals surface area contributed by atoms with Crippen LogP contribution in [-0.4, -0.2) is 23.2 Å². The molecule has 0 heterocycles. The minimum absolute atomic E-state index is 0.0248. The predicted molar refractivity (Wildman–Crippen MR) is 77.9 cm³/mol. The van der Waals surface area contributed by atoms with Crippen molar-refractivity contribution < 1.29 is 14.6 Å². The Morgan fingerprint density at radius 3 is 2.65 bits per heavy atom. The summed E-state index contributed by atoms with van der Waals surface area (Å²) in [7, 11) is 0. The van der Waals surface area contributed by atoms with Crippen LogP contribution in [0.4, 0.5) is 0 Å². The van der Waals surface area contributed by atoms with Crippen molar-refractivity contribution >= 4 is 5.91 Å². The highest BCUT2D eigenvalue weighted by Crippen LogP contribution is 2.39. The molecular formula is C16H23NO3. The summed E-state index contributed by atoms with van der Waals surface area (Å²) in [4.78, 5) is 11.6. The van der Waals surface area contributed by atoms with Crippen LogP contribution in [0.5, 0.6) is 5.75 Å². The third kappa shape index (κ3) is 3.12. The van der Waals surface area contributed by atoms with Crippen LogP contribution in [0.3, 0.4) is 0 Å². The maximum atomic E-state index is 11.6. The van der Waals surface area contributed by atoms with E-state index in [2.05, 4.69) is 0 Å². The Morgan fingerprint density at radius 2 is 2.05 bits per heavy atom. The van der Waals surface area contributed by atoms with Crippen molar-refractivity contribution in [1.82, 2.24) is 0 Å². The number of aliphatic hydroxyl groups is 1. The molecule has 110 valence electrons. The van der Waals surface area contributed by atoms with Crippen LogP contribution in [-0.2, 0) is 0 Å². The van der Waals surface area contributed by atoms with Crippen LogP contribution >= 0.6 is 0 Å². The van der Waals surface area contributed by atoms with Crippen molar-refractivity contribution in [2.45, 2.75) is 57.7 Å². The van der Waals surface area contributed by atoms with Gasteiger partial charge in [0.05, 0.1) is 17.8 Å². The minimum atomic E-state index is -0.493. The van der Waals surface area contributed by atoms with Gasteiger partial charge >= 0.3 is 0 Å². The van der Waals surface area contributed by atoms with Gasteiger partial charge in [-0.25, -0.2) is 0 Å². The zero-order valence-corrected chi connectivity index (χ0v) is 12.1. The van der Waals surface area contributed by atoms with E-state index in [0.717, 1.165) is 31.2 Å². The van der Waals surface area contributed by atoms with Crippen molar-refractivity contribution in [3.63, 3.8) is 0 Å². The normalized spacial score (nSPS) is 22.8. The number of amides is 1. The van der Waals surface area contributed by atoms with Gasteiger partial charge in [0.15, 0.2) is 0 Å². The number of hydrogen-bond acceptors (Lipinski definition) is 3. The van der Waals surface area contributed by atoms with Gasteiger partial charge in [-0.1, -0.05) is 25.0 Å². The molecule has 3 N–H and O–H groups in total. The average Bonchev–Trinajstić information content (AvgIpc) is 2.39. The first kappa shape index (κ1) is 14.9. The van der Waals surface area contributed by atoms with Crippen molar-refractivity contribution in [1.29, 1.82) is 0 Å². The molecule has 4 heteroatoms. The fourth-order valence-corrected chi connectivity index (χ4v) is 2.88. The van der Waals surface area contributed by atoms with E-state index in [0.29, 0.717) is 11.3 Å². The van der Waals surface area contributed by atoms with Crippen LogP contribution in [0, 0.1) is 0 Å². The van der Waals surface area contributed by atoms with E-state index >= 15 is 0 Å². The second kappa shape index (κ2) is 6.27. The molecule has 0 bridgehead atoms. The first-order valence-electron chi connectivity index (χ1n) is 7.28. The molecule has 1 aliphatic rings. The molecule has 0 aromatic heterocycles. The van der Waals surface area contributed by atoms with Gasteiger partial charge in [0.25, 0.3) is 5.91 Å². The molecule has 1 amide bonds. The van der Waals surface area contributed by atoms with Gasteiger partial charge in [0.2, 0.25) is 0 Å². The van der Waals surface area contributed by atoms with Crippen molar-refractivity contribution in [2.24, 2.45) is 5.73 Å². The molecule has 0 saturated heterocycles. The van der Waals surface area contributed by atoms with E-state index < -0.39 is 5.91 Å². The molecule has 1 aromatic carbocycles. The third-order valence-corrected chi connectivity index (χ3v) is 3.79. The van der Waals surface area contributed by atoms with Crippen molar-refractivity contribution in [2.75, 3.05) is 0 Å². The van der Waals surface area contributed by atoms with E-state index in [9.17, 15) is 9.90 Å². The molecule has 2 atom stereocenters. The summed E-state index contributed by atoms with van der Waals surface area (Å²) in [6.07, 6.45) is 3.43. The predicted octanol–water partition coefficient (Wildman–Crippen LogP) is 2.59. The average molecular weight is 277 g/mol. The molecule has 1 aliphatic carbocycles. The molecule has 0 spiro atoms. The first-order chi connectivity index (χ1) is 9.50. The molecule has 1 aromatic rings. The van der Waals surface area contributed by atoms with Gasteiger partial charge in [-0.3, -0.25) is 4.79 Å². The van der Waals surface area contributed by atoms with Gasteiger partial charge in [-0.15, -0.1) is 0 Å². The summed E-state index contributed by atoms with van der Waals surface area (Å²) in [6.45, 7) is 3.83. The van der Waals surface area contributed by atoms with Gasteiger partial charge < -0.3 is 15.6 Å². The Hall–Kier alpha value is -1.55. The lowest BCUT2D eigenvalue weighted by Crippen LogP contribution is -2.25. The maximum Gasteiger partial charge on any atom is 0.252 e. The number of aliphatic hydroxyl groups excluding tert-OH is 1. The number of benzene rings is 1. The summed E-state index contributed by atoms with van der Waals surface area (Å²) in [5.74, 6) is 0.0746. The van der Waals surface area contributed by atoms with Crippen LogP contribution < -0.4 is 10.5 Å². The lowest BCUT2D eigenvalue weighted by Gasteiger charge is -2.30. The van der Waals surface area contributed by atoms with Crippen molar-refractivity contribution in [3.8, 4) is 5.75 Å². The number of para-hydroxylation sites is 1. The zero-order chi connectivity index (χ0) is 14.7. The maximum absolute atomic E-state index is 11.6. The van der Waals surface area contributed by atoms with Gasteiger partial charge in [0, 0.05) is 11.5 Å². The number of ether oxygens (including phenoxy) is 1. The summed E-state index contributed by atoms with van der Waals surface area (Å²) in [5, 5.41) is 10.2. The molecule has 1 fully saturated rings. The second-order valence-electron chi connectivity index (χ2n) is 5.71. The number of hydrogen-bond donors (Lipinski definition) is 2. The SMILES string of the molecule is CC(C)Oc1c(C(N)=O)cccc1[C@H]1CCCC[C@@H]1O. The van der Waals surface area contributed by atoms with Gasteiger partial charge in [0.1, 0.15) is 5.75 Å². The highest BCUT2D eigenvalue weighted by Gasteiger charge is 2.29. The van der Waals surface area contributed by atoms with Gasteiger partial charge in [-0.05, 0) is 32.8 Å². The Labute approximate surface area is 119 Å². The standard InChI is InChI=1S/C16H23NO3/c1-10(2)20-15-12(7-5-8-13(15)16(17)19)11-6-3-4-9-14(11)18/h5,7-8,10-11,14,18H,3-4,6,9H2,1-2H3,(H2,17,19)/t11-,14+/m1/s1. The fourth-order valence-electron chi connectivity index (χ4n) is 2.88. The number of carbonyl (C=O) groups is 1. The van der Waals surface area contributed by atoms with Crippen LogP contribution in [0.1, 0.15) is 61.4 Å². The molecule has 1 saturated carbocycles. The fraction of sp³-hybridized carbons (Fsp3) is 0.562. The van der Waals surface area contributed by atoms with E-state index in [1.165, 1.54) is 0 Å². The lowest BCUT2D eigenvalue weighted by molar-refractivity contribution is 0.0979. The molecule has 0 radical (unpaired) electrons. The van der Waals surface area contributed by atoms with Gasteiger partial charge in [-0.2, -0.15) is 0 Å². The summed E-state index contributed by atoms with van der Waals surface area (Å²) >= 11 is 0. The highest BCUT2D eigenvalue weighted by molar-refractivity contribution is 5.96. The van der Waals surface area contributed by atoms with Crippen LogP contribution in [0.15, 0.2) is 18.2 Å². The quantitative estimate of drug-likeness (QED) is 0.888. The molecular weight excluding hydrogens is 254 g/mol. The topological polar surface area (TPSA) is 72.5 Å². The number of primary amides is 1. The summed E-state index contributed by atoms with van der Waals surface area (Å²) in [5.41, 5.74) is 6.74. The minimum Gasteiger partial charge on any atom is -0.490 e. The van der Waals surface area contributed by atoms with Crippen molar-refractivity contribution in [3.05, 3.63) is 29.3 Å². The Kier molecular flexibility index (Phi) is 4.65. The number of rotatable bonds is 4. The Morgan fingerprint density at radius 1 is 1.35 bits per heavy atom. The molecule has 0 unspecified atom stereocenters. The van der Waals surface area contributed by atoms with E-state index in [1.54, 1.807) is 6.07 Å². The van der Waals surface area contributed by atoms with Crippen LogP contribution in [0.25, 0.3) is 0 Å².